The average Bonchev–Trinajstić information content (AvgIpc) is 3.22. The molecule has 6 nitrogen and oxygen atoms in total. The van der Waals surface area contributed by atoms with Crippen molar-refractivity contribution in [3.05, 3.63) is 112 Å². The first-order valence-corrected chi connectivity index (χ1v) is 16.7. The van der Waals surface area contributed by atoms with Crippen LogP contribution in [0, 0.1) is 5.92 Å². The summed E-state index contributed by atoms with van der Waals surface area (Å²) in [5.41, 5.74) is 20.2. The minimum Gasteiger partial charge on any atom is -0.489 e. The number of fused-ring (bicyclic) bond motifs is 3. The molecule has 0 aromatic heterocycles. The molecule has 0 bridgehead atoms. The zero-order chi connectivity index (χ0) is 31.8. The molecule has 7 heteroatoms. The number of carbonyl (C=O) groups excluding carboxylic acids is 1. The van der Waals surface area contributed by atoms with E-state index in [1.807, 2.05) is 42.1 Å². The van der Waals surface area contributed by atoms with Crippen LogP contribution in [0.2, 0.25) is 0 Å². The van der Waals surface area contributed by atoms with E-state index in [0.29, 0.717) is 18.9 Å². The van der Waals surface area contributed by atoms with Crippen molar-refractivity contribution in [1.82, 2.24) is 0 Å². The lowest BCUT2D eigenvalue weighted by molar-refractivity contribution is -0.117. The van der Waals surface area contributed by atoms with Gasteiger partial charge in [-0.1, -0.05) is 81.9 Å². The molecule has 2 atom stereocenters. The molecule has 6 N–H and O–H groups in total. The standard InChI is InChI=1S/C38H44N4O2S/c1-24(2)20-32(39)36(43)41-29-15-12-25(13-16-29)23-44-30-17-14-27-21-28-9-7-8-26(35(28)45-34(27)22-30)18-19-38(40)37(3,4)31-10-5-6-11-33(31)42-38/h5-6,10-19,21-22,24,32,42H,7-9,20,23,39-40H2,1-4H3,(H,41,43). The van der Waals surface area contributed by atoms with Crippen molar-refractivity contribution in [1.29, 1.82) is 0 Å². The molecule has 3 aliphatic rings. The Hall–Kier alpha value is -3.78. The first kappa shape index (κ1) is 31.2. The summed E-state index contributed by atoms with van der Waals surface area (Å²) in [6, 6.07) is 22.0. The van der Waals surface area contributed by atoms with Gasteiger partial charge in [0.25, 0.3) is 0 Å². The van der Waals surface area contributed by atoms with Gasteiger partial charge in [0.05, 0.1) is 6.04 Å². The number of thioether (sulfide) groups is 1. The van der Waals surface area contributed by atoms with Crippen molar-refractivity contribution >= 4 is 35.1 Å². The van der Waals surface area contributed by atoms with Gasteiger partial charge in [-0.25, -0.2) is 0 Å². The first-order chi connectivity index (χ1) is 21.5. The fourth-order valence-electron chi connectivity index (χ4n) is 6.36. The van der Waals surface area contributed by atoms with Gasteiger partial charge in [0.1, 0.15) is 18.0 Å². The summed E-state index contributed by atoms with van der Waals surface area (Å²) in [6.07, 6.45) is 10.7. The summed E-state index contributed by atoms with van der Waals surface area (Å²) in [6.45, 7) is 8.98. The van der Waals surface area contributed by atoms with Crippen LogP contribution in [0.3, 0.4) is 0 Å². The van der Waals surface area contributed by atoms with Gasteiger partial charge in [-0.05, 0) is 102 Å². The summed E-state index contributed by atoms with van der Waals surface area (Å²) in [5, 5.41) is 6.50. The lowest BCUT2D eigenvalue weighted by Gasteiger charge is -2.36. The fourth-order valence-corrected chi connectivity index (χ4v) is 7.60. The highest BCUT2D eigenvalue weighted by Crippen LogP contribution is 2.49. The van der Waals surface area contributed by atoms with E-state index in [1.54, 1.807) is 0 Å². The van der Waals surface area contributed by atoms with Crippen molar-refractivity contribution in [2.75, 3.05) is 10.6 Å². The number of allylic oxidation sites excluding steroid dienone is 3. The number of hydrogen-bond donors (Lipinski definition) is 4. The van der Waals surface area contributed by atoms with E-state index in [0.717, 1.165) is 42.0 Å². The molecule has 1 amide bonds. The molecule has 1 aliphatic carbocycles. The Labute approximate surface area is 271 Å². The van der Waals surface area contributed by atoms with Crippen molar-refractivity contribution in [2.24, 2.45) is 17.4 Å². The molecule has 0 radical (unpaired) electrons. The molecule has 2 unspecified atom stereocenters. The van der Waals surface area contributed by atoms with Gasteiger partial charge in [0.2, 0.25) is 5.91 Å². The number of carbonyl (C=O) groups is 1. The van der Waals surface area contributed by atoms with Crippen LogP contribution < -0.4 is 26.8 Å². The number of nitrogens with two attached hydrogens (primary N) is 2. The molecule has 0 saturated carbocycles. The molecule has 0 fully saturated rings. The van der Waals surface area contributed by atoms with Crippen LogP contribution in [0.4, 0.5) is 11.4 Å². The second-order valence-corrected chi connectivity index (χ2v) is 14.4. The van der Waals surface area contributed by atoms with Crippen LogP contribution in [0.5, 0.6) is 5.75 Å². The third-order valence-electron chi connectivity index (χ3n) is 9.21. The number of rotatable bonds is 9. The van der Waals surface area contributed by atoms with Crippen LogP contribution in [0.1, 0.15) is 70.1 Å². The van der Waals surface area contributed by atoms with Crippen molar-refractivity contribution in [3.8, 4) is 5.75 Å². The summed E-state index contributed by atoms with van der Waals surface area (Å²) in [7, 11) is 0. The van der Waals surface area contributed by atoms with Crippen LogP contribution in [-0.4, -0.2) is 17.6 Å². The van der Waals surface area contributed by atoms with E-state index >= 15 is 0 Å². The van der Waals surface area contributed by atoms with Gasteiger partial charge in [0.15, 0.2) is 0 Å². The topological polar surface area (TPSA) is 102 Å². The number of para-hydroxylation sites is 1. The highest BCUT2D eigenvalue weighted by atomic mass is 32.2. The number of benzene rings is 3. The van der Waals surface area contributed by atoms with Crippen molar-refractivity contribution in [3.63, 3.8) is 0 Å². The highest BCUT2D eigenvalue weighted by Gasteiger charge is 2.47. The molecule has 3 aromatic rings. The van der Waals surface area contributed by atoms with Crippen LogP contribution in [-0.2, 0) is 16.8 Å². The lowest BCUT2D eigenvalue weighted by Crippen LogP contribution is -2.55. The van der Waals surface area contributed by atoms with Crippen molar-refractivity contribution in [2.45, 2.75) is 82.0 Å². The molecule has 0 spiro atoms. The Balaban J connectivity index is 1.13. The van der Waals surface area contributed by atoms with E-state index in [9.17, 15) is 4.79 Å². The summed E-state index contributed by atoms with van der Waals surface area (Å²) < 4.78 is 6.21. The maximum absolute atomic E-state index is 12.4. The second kappa shape index (κ2) is 12.5. The fraction of sp³-hybridized carbons (Fsp3) is 0.342. The van der Waals surface area contributed by atoms with Crippen molar-refractivity contribution < 1.29 is 9.53 Å². The minimum atomic E-state index is -0.672. The van der Waals surface area contributed by atoms with E-state index in [-0.39, 0.29) is 11.3 Å². The summed E-state index contributed by atoms with van der Waals surface area (Å²) in [5.74, 6) is 1.04. The number of amides is 1. The van der Waals surface area contributed by atoms with Crippen LogP contribution in [0.15, 0.2) is 99.8 Å². The van der Waals surface area contributed by atoms with Crippen LogP contribution >= 0.6 is 11.8 Å². The van der Waals surface area contributed by atoms with Gasteiger partial charge >= 0.3 is 0 Å². The third-order valence-corrected chi connectivity index (χ3v) is 10.5. The zero-order valence-corrected chi connectivity index (χ0v) is 27.5. The van der Waals surface area contributed by atoms with Gasteiger partial charge in [-0.3, -0.25) is 4.79 Å². The first-order valence-electron chi connectivity index (χ1n) is 15.9. The molecule has 0 saturated heterocycles. The molecular weight excluding hydrogens is 577 g/mol. The highest BCUT2D eigenvalue weighted by molar-refractivity contribution is 8.03. The number of nitrogens with one attached hydrogen (secondary N) is 2. The van der Waals surface area contributed by atoms with E-state index < -0.39 is 11.7 Å². The maximum Gasteiger partial charge on any atom is 0.241 e. The van der Waals surface area contributed by atoms with E-state index in [1.165, 1.54) is 32.1 Å². The Morgan fingerprint density at radius 3 is 2.62 bits per heavy atom. The van der Waals surface area contributed by atoms with E-state index in [2.05, 4.69) is 93.0 Å². The zero-order valence-electron chi connectivity index (χ0n) is 26.7. The monoisotopic (exact) mass is 620 g/mol. The quantitative estimate of drug-likeness (QED) is 0.193. The predicted molar refractivity (Wildman–Crippen MR) is 187 cm³/mol. The molecule has 234 valence electrons. The van der Waals surface area contributed by atoms with Gasteiger partial charge in [-0.2, -0.15) is 0 Å². The Bertz CT molecular complexity index is 1690. The summed E-state index contributed by atoms with van der Waals surface area (Å²) in [4.78, 5) is 14.9. The predicted octanol–water partition coefficient (Wildman–Crippen LogP) is 8.12. The normalized spacial score (nSPS) is 20.6. The van der Waals surface area contributed by atoms with Gasteiger partial charge in [0, 0.05) is 26.6 Å². The lowest BCUT2D eigenvalue weighted by atomic mass is 9.76. The molecule has 3 aromatic carbocycles. The maximum atomic E-state index is 12.4. The number of anilines is 2. The Morgan fingerprint density at radius 1 is 1.09 bits per heavy atom. The van der Waals surface area contributed by atoms with Crippen LogP contribution in [0.25, 0.3) is 6.08 Å². The largest absolute Gasteiger partial charge is 0.489 e. The second-order valence-electron chi connectivity index (χ2n) is 13.4. The number of hydrogen-bond acceptors (Lipinski definition) is 6. The smallest absolute Gasteiger partial charge is 0.241 e. The minimum absolute atomic E-state index is 0.157. The molecule has 6 rings (SSSR count). The van der Waals surface area contributed by atoms with Gasteiger partial charge in [-0.15, -0.1) is 0 Å². The average molecular weight is 621 g/mol. The Morgan fingerprint density at radius 2 is 1.87 bits per heavy atom. The number of ether oxygens (including phenoxy) is 1. The molecule has 2 heterocycles. The SMILES string of the molecule is CC(C)CC(N)C(=O)Nc1ccc(COc2ccc3c(c2)SC2=C(C=CC4(N)Nc5ccccc5C4(C)C)CCCC2=C3)cc1. The third kappa shape index (κ3) is 6.48. The van der Waals surface area contributed by atoms with E-state index in [4.69, 9.17) is 16.2 Å². The summed E-state index contributed by atoms with van der Waals surface area (Å²) >= 11 is 1.84. The molecule has 45 heavy (non-hydrogen) atoms. The molecular formula is C38H44N4O2S. The molecule has 2 aliphatic heterocycles. The van der Waals surface area contributed by atoms with Gasteiger partial charge < -0.3 is 26.8 Å². The Kier molecular flexibility index (Phi) is 8.70.